The van der Waals surface area contributed by atoms with Crippen molar-refractivity contribution in [1.82, 2.24) is 4.90 Å². The van der Waals surface area contributed by atoms with Crippen molar-refractivity contribution in [3.63, 3.8) is 0 Å². The van der Waals surface area contributed by atoms with Crippen LogP contribution < -0.4 is 0 Å². The van der Waals surface area contributed by atoms with Gasteiger partial charge in [0.05, 0.1) is 0 Å². The van der Waals surface area contributed by atoms with Crippen LogP contribution in [0.1, 0.15) is 27.2 Å². The lowest BCUT2D eigenvalue weighted by atomic mass is 10.00. The fourth-order valence-corrected chi connectivity index (χ4v) is 1.55. The maximum Gasteiger partial charge on any atom is 0.00195 e. The minimum atomic E-state index is 0.896. The lowest BCUT2D eigenvalue weighted by Crippen LogP contribution is -2.46. The van der Waals surface area contributed by atoms with Gasteiger partial charge in [-0.25, -0.2) is 0 Å². The van der Waals surface area contributed by atoms with Gasteiger partial charge in [-0.15, -0.1) is 0 Å². The van der Waals surface area contributed by atoms with Crippen molar-refractivity contribution in [2.75, 3.05) is 19.6 Å². The Morgan fingerprint density at radius 3 is 2.50 bits per heavy atom. The highest BCUT2D eigenvalue weighted by molar-refractivity contribution is 4.76. The van der Waals surface area contributed by atoms with E-state index in [1.165, 1.54) is 26.1 Å². The van der Waals surface area contributed by atoms with Gasteiger partial charge in [0.15, 0.2) is 0 Å². The summed E-state index contributed by atoms with van der Waals surface area (Å²) in [6.07, 6.45) is 1.32. The first kappa shape index (κ1) is 8.06. The van der Waals surface area contributed by atoms with Crippen molar-refractivity contribution >= 4 is 0 Å². The smallest absolute Gasteiger partial charge is 0.00195 e. The predicted molar refractivity (Wildman–Crippen MR) is 45.1 cm³/mol. The van der Waals surface area contributed by atoms with Crippen molar-refractivity contribution < 1.29 is 0 Å². The number of rotatable bonds is 3. The van der Waals surface area contributed by atoms with Crippen LogP contribution in [0.25, 0.3) is 0 Å². The van der Waals surface area contributed by atoms with E-state index >= 15 is 0 Å². The maximum absolute atomic E-state index is 2.55. The molecule has 0 amide bonds. The van der Waals surface area contributed by atoms with Crippen LogP contribution in [0.3, 0.4) is 0 Å². The average molecular weight is 141 g/mol. The molecule has 1 unspecified atom stereocenters. The molecule has 0 aliphatic carbocycles. The molecule has 1 heterocycles. The van der Waals surface area contributed by atoms with E-state index in [4.69, 9.17) is 0 Å². The van der Waals surface area contributed by atoms with Crippen molar-refractivity contribution in [2.24, 2.45) is 11.8 Å². The first-order valence-electron chi connectivity index (χ1n) is 4.44. The molecule has 0 spiro atoms. The third-order valence-corrected chi connectivity index (χ3v) is 2.41. The zero-order valence-corrected chi connectivity index (χ0v) is 7.43. The molecule has 1 heteroatoms. The second-order valence-electron chi connectivity index (χ2n) is 3.84. The number of nitrogens with zero attached hydrogens (tertiary/aromatic N) is 1. The molecule has 1 nitrogen and oxygen atoms in total. The standard InChI is InChI=1S/C9H19N/c1-4-8(2)5-10-6-9(3)7-10/h8-9H,4-7H2,1-3H3. The molecule has 1 fully saturated rings. The van der Waals surface area contributed by atoms with Gasteiger partial charge in [0, 0.05) is 19.6 Å². The van der Waals surface area contributed by atoms with E-state index < -0.39 is 0 Å². The normalized spacial score (nSPS) is 24.3. The lowest BCUT2D eigenvalue weighted by molar-refractivity contribution is 0.0948. The quantitative estimate of drug-likeness (QED) is 0.581. The summed E-state index contributed by atoms with van der Waals surface area (Å²) in [7, 11) is 0. The molecule has 0 aromatic carbocycles. The summed E-state index contributed by atoms with van der Waals surface area (Å²) >= 11 is 0. The molecule has 1 aliphatic heterocycles. The summed E-state index contributed by atoms with van der Waals surface area (Å²) in [5, 5.41) is 0. The Morgan fingerprint density at radius 1 is 1.50 bits per heavy atom. The Balaban J connectivity index is 2.04. The largest absolute Gasteiger partial charge is 0.302 e. The molecule has 1 rings (SSSR count). The summed E-state index contributed by atoms with van der Waals surface area (Å²) in [6, 6.07) is 0. The molecule has 0 N–H and O–H groups in total. The molecule has 60 valence electrons. The molecule has 0 aromatic heterocycles. The number of hydrogen-bond acceptors (Lipinski definition) is 1. The Labute approximate surface area is 64.4 Å². The van der Waals surface area contributed by atoms with E-state index in [-0.39, 0.29) is 0 Å². The Kier molecular flexibility index (Phi) is 2.72. The minimum Gasteiger partial charge on any atom is -0.302 e. The highest BCUT2D eigenvalue weighted by Crippen LogP contribution is 2.16. The van der Waals surface area contributed by atoms with Crippen LogP contribution >= 0.6 is 0 Å². The van der Waals surface area contributed by atoms with Crippen LogP contribution in [0.2, 0.25) is 0 Å². The van der Waals surface area contributed by atoms with Gasteiger partial charge in [-0.3, -0.25) is 0 Å². The minimum absolute atomic E-state index is 0.896. The molecule has 1 aliphatic rings. The highest BCUT2D eigenvalue weighted by atomic mass is 15.2. The number of likely N-dealkylation sites (tertiary alicyclic amines) is 1. The van der Waals surface area contributed by atoms with Crippen molar-refractivity contribution in [3.8, 4) is 0 Å². The van der Waals surface area contributed by atoms with Crippen LogP contribution in [0, 0.1) is 11.8 Å². The van der Waals surface area contributed by atoms with Gasteiger partial charge in [-0.2, -0.15) is 0 Å². The van der Waals surface area contributed by atoms with Gasteiger partial charge in [0.1, 0.15) is 0 Å². The van der Waals surface area contributed by atoms with E-state index in [1.54, 1.807) is 0 Å². The SMILES string of the molecule is CCC(C)CN1CC(C)C1. The van der Waals surface area contributed by atoms with E-state index in [1.807, 2.05) is 0 Å². The average Bonchev–Trinajstić information content (AvgIpc) is 1.84. The van der Waals surface area contributed by atoms with Crippen LogP contribution in [0.5, 0.6) is 0 Å². The summed E-state index contributed by atoms with van der Waals surface area (Å²) in [5.41, 5.74) is 0. The molecule has 10 heavy (non-hydrogen) atoms. The van der Waals surface area contributed by atoms with Gasteiger partial charge >= 0.3 is 0 Å². The summed E-state index contributed by atoms with van der Waals surface area (Å²) in [4.78, 5) is 2.55. The summed E-state index contributed by atoms with van der Waals surface area (Å²) in [6.45, 7) is 10.9. The first-order valence-corrected chi connectivity index (χ1v) is 4.44. The van der Waals surface area contributed by atoms with Gasteiger partial charge in [0.25, 0.3) is 0 Å². The van der Waals surface area contributed by atoms with Gasteiger partial charge < -0.3 is 4.90 Å². The Morgan fingerprint density at radius 2 is 2.10 bits per heavy atom. The highest BCUT2D eigenvalue weighted by Gasteiger charge is 2.22. The molecule has 0 bridgehead atoms. The third kappa shape index (κ3) is 1.98. The lowest BCUT2D eigenvalue weighted by Gasteiger charge is -2.38. The van der Waals surface area contributed by atoms with E-state index in [0.717, 1.165) is 11.8 Å². The monoisotopic (exact) mass is 141 g/mol. The van der Waals surface area contributed by atoms with Gasteiger partial charge in [-0.1, -0.05) is 27.2 Å². The van der Waals surface area contributed by atoms with E-state index in [0.29, 0.717) is 0 Å². The Bertz CT molecular complexity index is 94.9. The molecule has 1 atom stereocenters. The number of hydrogen-bond donors (Lipinski definition) is 0. The predicted octanol–water partition coefficient (Wildman–Crippen LogP) is 1.98. The van der Waals surface area contributed by atoms with Crippen molar-refractivity contribution in [1.29, 1.82) is 0 Å². The van der Waals surface area contributed by atoms with Crippen LogP contribution in [0.4, 0.5) is 0 Å². The second kappa shape index (κ2) is 3.38. The zero-order chi connectivity index (χ0) is 7.56. The summed E-state index contributed by atoms with van der Waals surface area (Å²) in [5.74, 6) is 1.86. The fraction of sp³-hybridized carbons (Fsp3) is 1.00. The Hall–Kier alpha value is -0.0400. The molecule has 0 aromatic rings. The first-order chi connectivity index (χ1) is 4.72. The van der Waals surface area contributed by atoms with Gasteiger partial charge in [0.2, 0.25) is 0 Å². The maximum atomic E-state index is 2.55. The molecule has 0 radical (unpaired) electrons. The molecular weight excluding hydrogens is 122 g/mol. The van der Waals surface area contributed by atoms with Crippen LogP contribution in [-0.2, 0) is 0 Å². The molecule has 1 saturated heterocycles. The second-order valence-corrected chi connectivity index (χ2v) is 3.84. The molecular formula is C9H19N. The van der Waals surface area contributed by atoms with E-state index in [9.17, 15) is 0 Å². The topological polar surface area (TPSA) is 3.24 Å². The molecule has 0 saturated carbocycles. The zero-order valence-electron chi connectivity index (χ0n) is 7.43. The fourth-order valence-electron chi connectivity index (χ4n) is 1.55. The summed E-state index contributed by atoms with van der Waals surface area (Å²) < 4.78 is 0. The van der Waals surface area contributed by atoms with Crippen molar-refractivity contribution in [2.45, 2.75) is 27.2 Å². The van der Waals surface area contributed by atoms with Crippen LogP contribution in [-0.4, -0.2) is 24.5 Å². The van der Waals surface area contributed by atoms with Crippen molar-refractivity contribution in [3.05, 3.63) is 0 Å². The van der Waals surface area contributed by atoms with E-state index in [2.05, 4.69) is 25.7 Å². The van der Waals surface area contributed by atoms with Crippen LogP contribution in [0.15, 0.2) is 0 Å². The van der Waals surface area contributed by atoms with Gasteiger partial charge in [-0.05, 0) is 11.8 Å². The third-order valence-electron chi connectivity index (χ3n) is 2.41.